The van der Waals surface area contributed by atoms with Crippen LogP contribution >= 0.6 is 23.1 Å². The summed E-state index contributed by atoms with van der Waals surface area (Å²) in [6.07, 6.45) is 0. The summed E-state index contributed by atoms with van der Waals surface area (Å²) >= 11 is 3.29. The molecular weight excluding hydrogens is 469 g/mol. The molecule has 2 aromatic carbocycles. The van der Waals surface area contributed by atoms with Crippen molar-refractivity contribution in [1.29, 1.82) is 0 Å². The monoisotopic (exact) mass is 491 g/mol. The van der Waals surface area contributed by atoms with E-state index < -0.39 is 15.8 Å². The molecular formula is C22H22FN3O3S3. The third kappa shape index (κ3) is 5.20. The summed E-state index contributed by atoms with van der Waals surface area (Å²) < 4.78 is 40.2. The molecule has 1 aliphatic rings. The van der Waals surface area contributed by atoms with Crippen molar-refractivity contribution in [3.8, 4) is 0 Å². The van der Waals surface area contributed by atoms with Crippen molar-refractivity contribution in [1.82, 2.24) is 14.2 Å². The number of halogens is 1. The maximum absolute atomic E-state index is 13.4. The van der Waals surface area contributed by atoms with E-state index in [1.54, 1.807) is 40.1 Å². The minimum atomic E-state index is -3.78. The number of sulfonamides is 1. The smallest absolute Gasteiger partial charge is 0.253 e. The van der Waals surface area contributed by atoms with Crippen molar-refractivity contribution >= 4 is 39.0 Å². The van der Waals surface area contributed by atoms with E-state index in [0.717, 1.165) is 27.4 Å². The maximum atomic E-state index is 13.4. The number of carbonyl (C=O) groups is 1. The van der Waals surface area contributed by atoms with E-state index in [1.165, 1.54) is 22.5 Å². The van der Waals surface area contributed by atoms with Gasteiger partial charge in [0.25, 0.3) is 5.91 Å². The highest BCUT2D eigenvalue weighted by molar-refractivity contribution is 7.98. The topological polar surface area (TPSA) is 70.6 Å². The lowest BCUT2D eigenvalue weighted by atomic mass is 10.2. The summed E-state index contributed by atoms with van der Waals surface area (Å²) in [5, 5.41) is 3.10. The number of aryl methyl sites for hydroxylation is 1. The summed E-state index contributed by atoms with van der Waals surface area (Å²) in [7, 11) is -3.78. The number of benzene rings is 2. The molecule has 1 fully saturated rings. The standard InChI is InChI=1S/C22H22FN3O3S3/c1-16-24-19(14-30-16)15-31-20-7-5-17(6-8-20)22(27)25-9-11-26(12-10-25)32(28,29)21-4-2-3-18(23)13-21/h2-8,13-14H,9-12,15H2,1H3. The van der Waals surface area contributed by atoms with Crippen LogP contribution < -0.4 is 0 Å². The van der Waals surface area contributed by atoms with Crippen LogP contribution in [0, 0.1) is 12.7 Å². The lowest BCUT2D eigenvalue weighted by molar-refractivity contribution is 0.0698. The number of nitrogens with zero attached hydrogens (tertiary/aromatic N) is 3. The molecule has 0 radical (unpaired) electrons. The van der Waals surface area contributed by atoms with Gasteiger partial charge in [0.2, 0.25) is 10.0 Å². The van der Waals surface area contributed by atoms with E-state index in [9.17, 15) is 17.6 Å². The highest BCUT2D eigenvalue weighted by atomic mass is 32.2. The number of rotatable bonds is 6. The van der Waals surface area contributed by atoms with Gasteiger partial charge in [-0.15, -0.1) is 23.1 Å². The number of piperazine rings is 1. The molecule has 0 bridgehead atoms. The Morgan fingerprint density at radius 2 is 1.84 bits per heavy atom. The molecule has 1 aliphatic heterocycles. The predicted molar refractivity (Wildman–Crippen MR) is 124 cm³/mol. The summed E-state index contributed by atoms with van der Waals surface area (Å²) in [5.74, 6) is 0.0574. The van der Waals surface area contributed by atoms with Crippen LogP contribution in [0.3, 0.4) is 0 Å². The van der Waals surface area contributed by atoms with Crippen molar-refractivity contribution in [2.75, 3.05) is 26.2 Å². The average molecular weight is 492 g/mol. The molecule has 1 aromatic heterocycles. The third-order valence-electron chi connectivity index (χ3n) is 5.11. The first-order chi connectivity index (χ1) is 15.3. The van der Waals surface area contributed by atoms with E-state index in [-0.39, 0.29) is 37.0 Å². The Hall–Kier alpha value is -2.27. The molecule has 0 unspecified atom stereocenters. The molecule has 0 spiro atoms. The second-order valence-electron chi connectivity index (χ2n) is 7.32. The van der Waals surface area contributed by atoms with Crippen LogP contribution in [0.5, 0.6) is 0 Å². The zero-order chi connectivity index (χ0) is 22.7. The second-order valence-corrected chi connectivity index (χ2v) is 11.4. The Morgan fingerprint density at radius 1 is 1.12 bits per heavy atom. The van der Waals surface area contributed by atoms with Crippen LogP contribution in [-0.4, -0.2) is 54.7 Å². The molecule has 168 valence electrons. The van der Waals surface area contributed by atoms with Crippen molar-refractivity contribution in [2.45, 2.75) is 22.5 Å². The van der Waals surface area contributed by atoms with E-state index >= 15 is 0 Å². The largest absolute Gasteiger partial charge is 0.336 e. The predicted octanol–water partition coefficient (Wildman–Crippen LogP) is 4.03. The number of hydrogen-bond donors (Lipinski definition) is 0. The van der Waals surface area contributed by atoms with Gasteiger partial charge in [0.1, 0.15) is 5.82 Å². The molecule has 10 heteroatoms. The first-order valence-electron chi connectivity index (χ1n) is 10.0. The van der Waals surface area contributed by atoms with Crippen molar-refractivity contribution in [3.63, 3.8) is 0 Å². The quantitative estimate of drug-likeness (QED) is 0.487. The number of carbonyl (C=O) groups excluding carboxylic acids is 1. The first kappa shape index (κ1) is 22.9. The minimum Gasteiger partial charge on any atom is -0.336 e. The van der Waals surface area contributed by atoms with Gasteiger partial charge < -0.3 is 4.90 Å². The normalized spacial score (nSPS) is 15.1. The number of aromatic nitrogens is 1. The van der Waals surface area contributed by atoms with E-state index in [2.05, 4.69) is 4.98 Å². The van der Waals surface area contributed by atoms with Gasteiger partial charge in [0.05, 0.1) is 15.6 Å². The Bertz CT molecular complexity index is 1200. The van der Waals surface area contributed by atoms with E-state index in [1.807, 2.05) is 24.4 Å². The molecule has 0 saturated carbocycles. The number of thioether (sulfide) groups is 1. The third-order valence-corrected chi connectivity index (χ3v) is 8.88. The molecule has 6 nitrogen and oxygen atoms in total. The van der Waals surface area contributed by atoms with Gasteiger partial charge in [-0.3, -0.25) is 4.79 Å². The second kappa shape index (κ2) is 9.70. The fourth-order valence-corrected chi connectivity index (χ4v) is 6.38. The number of amides is 1. The summed E-state index contributed by atoms with van der Waals surface area (Å²) in [6, 6.07) is 12.4. The fourth-order valence-electron chi connectivity index (χ4n) is 3.42. The van der Waals surface area contributed by atoms with Crippen LogP contribution in [0.4, 0.5) is 4.39 Å². The summed E-state index contributed by atoms with van der Waals surface area (Å²) in [4.78, 5) is 19.9. The molecule has 1 amide bonds. The van der Waals surface area contributed by atoms with Crippen molar-refractivity contribution < 1.29 is 17.6 Å². The van der Waals surface area contributed by atoms with Gasteiger partial charge in [-0.1, -0.05) is 6.07 Å². The SMILES string of the molecule is Cc1nc(CSc2ccc(C(=O)N3CCN(S(=O)(=O)c4cccc(F)c4)CC3)cc2)cs1. The van der Waals surface area contributed by atoms with Gasteiger partial charge in [-0.2, -0.15) is 4.31 Å². The lowest BCUT2D eigenvalue weighted by Gasteiger charge is -2.34. The number of thiazole rings is 1. The molecule has 32 heavy (non-hydrogen) atoms. The van der Waals surface area contributed by atoms with Crippen molar-refractivity contribution in [2.24, 2.45) is 0 Å². The summed E-state index contributed by atoms with van der Waals surface area (Å²) in [6.45, 7) is 2.90. The average Bonchev–Trinajstić information content (AvgIpc) is 3.23. The van der Waals surface area contributed by atoms with Gasteiger partial charge >= 0.3 is 0 Å². The zero-order valence-electron chi connectivity index (χ0n) is 17.4. The minimum absolute atomic E-state index is 0.0711. The zero-order valence-corrected chi connectivity index (χ0v) is 19.9. The van der Waals surface area contributed by atoms with Crippen LogP contribution in [0.25, 0.3) is 0 Å². The highest BCUT2D eigenvalue weighted by Gasteiger charge is 2.30. The van der Waals surface area contributed by atoms with Crippen LogP contribution in [0.2, 0.25) is 0 Å². The van der Waals surface area contributed by atoms with Gasteiger partial charge in [-0.05, 0) is 49.4 Å². The Kier molecular flexibility index (Phi) is 6.94. The Balaban J connectivity index is 1.34. The van der Waals surface area contributed by atoms with Crippen molar-refractivity contribution in [3.05, 3.63) is 76.0 Å². The van der Waals surface area contributed by atoms with Crippen LogP contribution in [0.1, 0.15) is 21.1 Å². The Labute approximate surface area is 195 Å². The molecule has 4 rings (SSSR count). The fraction of sp³-hybridized carbons (Fsp3) is 0.273. The van der Waals surface area contributed by atoms with Gasteiger partial charge in [-0.25, -0.2) is 17.8 Å². The van der Waals surface area contributed by atoms with Gasteiger partial charge in [0, 0.05) is 47.8 Å². The summed E-state index contributed by atoms with van der Waals surface area (Å²) in [5.41, 5.74) is 1.61. The van der Waals surface area contributed by atoms with E-state index in [4.69, 9.17) is 0 Å². The molecule has 0 N–H and O–H groups in total. The van der Waals surface area contributed by atoms with E-state index in [0.29, 0.717) is 5.56 Å². The van der Waals surface area contributed by atoms with Crippen LogP contribution in [-0.2, 0) is 15.8 Å². The molecule has 3 aromatic rings. The maximum Gasteiger partial charge on any atom is 0.253 e. The van der Waals surface area contributed by atoms with Gasteiger partial charge in [0.15, 0.2) is 0 Å². The molecule has 0 aliphatic carbocycles. The lowest BCUT2D eigenvalue weighted by Crippen LogP contribution is -2.50. The Morgan fingerprint density at radius 3 is 2.47 bits per heavy atom. The highest BCUT2D eigenvalue weighted by Crippen LogP contribution is 2.25. The van der Waals surface area contributed by atoms with Crippen LogP contribution in [0.15, 0.2) is 63.7 Å². The number of hydrogen-bond acceptors (Lipinski definition) is 6. The first-order valence-corrected chi connectivity index (χ1v) is 13.3. The molecule has 0 atom stereocenters. The molecule has 2 heterocycles. The molecule has 1 saturated heterocycles.